The minimum atomic E-state index is -1.29. The highest BCUT2D eigenvalue weighted by Crippen LogP contribution is 2.44. The Hall–Kier alpha value is -3.35. The lowest BCUT2D eigenvalue weighted by molar-refractivity contribution is -0.146. The van der Waals surface area contributed by atoms with Crippen LogP contribution in [0.25, 0.3) is 11.1 Å². The van der Waals surface area contributed by atoms with E-state index in [1.807, 2.05) is 24.3 Å². The van der Waals surface area contributed by atoms with E-state index in [0.717, 1.165) is 0 Å². The molecule has 0 spiro atoms. The number of rotatable bonds is 7. The van der Waals surface area contributed by atoms with Crippen molar-refractivity contribution in [1.82, 2.24) is 10.6 Å². The smallest absolute Gasteiger partial charge is 0.407 e. The van der Waals surface area contributed by atoms with Gasteiger partial charge < -0.3 is 20.5 Å². The van der Waals surface area contributed by atoms with Gasteiger partial charge >= 0.3 is 12.1 Å². The summed E-state index contributed by atoms with van der Waals surface area (Å²) in [5.41, 5.74) is 3.41. The first-order chi connectivity index (χ1) is 15.2. The highest BCUT2D eigenvalue weighted by molar-refractivity contribution is 5.86. The molecule has 2 aromatic carbocycles. The van der Waals surface area contributed by atoms with Gasteiger partial charge in [-0.25, -0.2) is 9.59 Å². The Morgan fingerprint density at radius 3 is 2.12 bits per heavy atom. The predicted octanol–water partition coefficient (Wildman–Crippen LogP) is 3.67. The maximum atomic E-state index is 12.3. The summed E-state index contributed by atoms with van der Waals surface area (Å²) in [5, 5.41) is 14.5. The molecule has 32 heavy (non-hydrogen) atoms. The molecule has 0 heterocycles. The summed E-state index contributed by atoms with van der Waals surface area (Å²) in [6, 6.07) is 16.3. The molecule has 0 radical (unpaired) electrons. The lowest BCUT2D eigenvalue weighted by Crippen LogP contribution is -2.51. The zero-order chi connectivity index (χ0) is 22.9. The van der Waals surface area contributed by atoms with Gasteiger partial charge in [0.15, 0.2) is 0 Å². The second-order valence-corrected chi connectivity index (χ2v) is 9.19. The standard InChI is InChI=1S/C25H28N2O5/c1-25(2,23(29)30)27-22(28)13-15-11-16(12-15)26-24(31)32-14-21-19-9-5-3-7-17(19)18-8-4-6-10-20(18)21/h3-10,15-16,21H,11-14H2,1-2H3,(H,26,31)(H,27,28)(H,29,30). The van der Waals surface area contributed by atoms with Gasteiger partial charge in [0.25, 0.3) is 0 Å². The third-order valence-corrected chi connectivity index (χ3v) is 6.36. The van der Waals surface area contributed by atoms with E-state index in [4.69, 9.17) is 9.84 Å². The van der Waals surface area contributed by atoms with E-state index in [9.17, 15) is 14.4 Å². The number of carboxylic acids is 1. The number of carboxylic acid groups (broad SMARTS) is 1. The van der Waals surface area contributed by atoms with E-state index in [0.29, 0.717) is 12.8 Å². The van der Waals surface area contributed by atoms with E-state index in [-0.39, 0.29) is 36.8 Å². The molecule has 0 saturated heterocycles. The van der Waals surface area contributed by atoms with E-state index in [1.165, 1.54) is 36.1 Å². The van der Waals surface area contributed by atoms with Gasteiger partial charge in [0.1, 0.15) is 12.1 Å². The molecule has 0 aromatic heterocycles. The Morgan fingerprint density at radius 2 is 1.56 bits per heavy atom. The van der Waals surface area contributed by atoms with Crippen molar-refractivity contribution in [3.8, 4) is 11.1 Å². The van der Waals surface area contributed by atoms with Crippen molar-refractivity contribution in [2.24, 2.45) is 5.92 Å². The molecule has 1 fully saturated rings. The Bertz CT molecular complexity index is 997. The first-order valence-electron chi connectivity index (χ1n) is 10.9. The molecule has 2 amide bonds. The van der Waals surface area contributed by atoms with Gasteiger partial charge in [-0.15, -0.1) is 0 Å². The molecule has 7 nitrogen and oxygen atoms in total. The van der Waals surface area contributed by atoms with Crippen LogP contribution < -0.4 is 10.6 Å². The zero-order valence-corrected chi connectivity index (χ0v) is 18.3. The maximum Gasteiger partial charge on any atom is 0.407 e. The van der Waals surface area contributed by atoms with Gasteiger partial charge in [0.05, 0.1) is 0 Å². The molecular weight excluding hydrogens is 408 g/mol. The molecule has 0 atom stereocenters. The topological polar surface area (TPSA) is 105 Å². The highest BCUT2D eigenvalue weighted by Gasteiger charge is 2.35. The number of carbonyl (C=O) groups is 3. The molecule has 1 saturated carbocycles. The van der Waals surface area contributed by atoms with Crippen LogP contribution in [0.4, 0.5) is 4.79 Å². The SMILES string of the molecule is CC(C)(NC(=O)CC1CC(NC(=O)OCC2c3ccccc3-c3ccccc32)C1)C(=O)O. The Labute approximate surface area is 187 Å². The first-order valence-corrected chi connectivity index (χ1v) is 10.9. The third-order valence-electron chi connectivity index (χ3n) is 6.36. The molecule has 2 aliphatic rings. The molecular formula is C25H28N2O5. The number of nitrogens with one attached hydrogen (secondary N) is 2. The van der Waals surface area contributed by atoms with E-state index >= 15 is 0 Å². The first kappa shape index (κ1) is 21.9. The molecule has 0 bridgehead atoms. The fourth-order valence-corrected chi connectivity index (χ4v) is 4.54. The lowest BCUT2D eigenvalue weighted by Gasteiger charge is -2.35. The van der Waals surface area contributed by atoms with Crippen molar-refractivity contribution in [2.75, 3.05) is 6.61 Å². The average molecular weight is 437 g/mol. The van der Waals surface area contributed by atoms with Crippen molar-refractivity contribution in [3.05, 3.63) is 59.7 Å². The van der Waals surface area contributed by atoms with Gasteiger partial charge in [0.2, 0.25) is 5.91 Å². The molecule has 2 aromatic rings. The molecule has 168 valence electrons. The number of alkyl carbamates (subject to hydrolysis) is 1. The van der Waals surface area contributed by atoms with Gasteiger partial charge in [-0.2, -0.15) is 0 Å². The minimum absolute atomic E-state index is 0.0172. The summed E-state index contributed by atoms with van der Waals surface area (Å²) in [7, 11) is 0. The van der Waals surface area contributed by atoms with Crippen molar-refractivity contribution < 1.29 is 24.2 Å². The van der Waals surface area contributed by atoms with Crippen LogP contribution in [-0.2, 0) is 14.3 Å². The number of fused-ring (bicyclic) bond motifs is 3. The summed E-state index contributed by atoms with van der Waals surface area (Å²) in [4.78, 5) is 35.5. The van der Waals surface area contributed by atoms with Crippen LogP contribution in [0, 0.1) is 5.92 Å². The van der Waals surface area contributed by atoms with Gasteiger partial charge in [0, 0.05) is 18.4 Å². The number of hydrogen-bond donors (Lipinski definition) is 3. The van der Waals surface area contributed by atoms with Crippen molar-refractivity contribution >= 4 is 18.0 Å². The van der Waals surface area contributed by atoms with Crippen LogP contribution in [0.2, 0.25) is 0 Å². The fraction of sp³-hybridized carbons (Fsp3) is 0.400. The molecule has 0 aliphatic heterocycles. The summed E-state index contributed by atoms with van der Waals surface area (Å²) < 4.78 is 5.56. The Balaban J connectivity index is 1.23. The monoisotopic (exact) mass is 436 g/mol. The van der Waals surface area contributed by atoms with Crippen molar-refractivity contribution in [3.63, 3.8) is 0 Å². The maximum absolute atomic E-state index is 12.3. The zero-order valence-electron chi connectivity index (χ0n) is 18.3. The van der Waals surface area contributed by atoms with Gasteiger partial charge in [-0.1, -0.05) is 48.5 Å². The Kier molecular flexibility index (Phi) is 5.91. The van der Waals surface area contributed by atoms with Gasteiger partial charge in [-0.3, -0.25) is 4.79 Å². The third kappa shape index (κ3) is 4.47. The Morgan fingerprint density at radius 1 is 1.00 bits per heavy atom. The number of aliphatic carboxylic acids is 1. The van der Waals surface area contributed by atoms with Crippen LogP contribution in [0.3, 0.4) is 0 Å². The summed E-state index contributed by atoms with van der Waals surface area (Å²) in [5.74, 6) is -1.22. The van der Waals surface area contributed by atoms with Crippen LogP contribution in [0.5, 0.6) is 0 Å². The summed E-state index contributed by atoms with van der Waals surface area (Å²) in [6.07, 6.45) is 1.14. The minimum Gasteiger partial charge on any atom is -0.480 e. The largest absolute Gasteiger partial charge is 0.480 e. The second kappa shape index (κ2) is 8.65. The molecule has 2 aliphatic carbocycles. The van der Waals surface area contributed by atoms with Crippen LogP contribution in [0.15, 0.2) is 48.5 Å². The molecule has 0 unspecified atom stereocenters. The second-order valence-electron chi connectivity index (χ2n) is 9.19. The highest BCUT2D eigenvalue weighted by atomic mass is 16.5. The van der Waals surface area contributed by atoms with Crippen LogP contribution >= 0.6 is 0 Å². The average Bonchev–Trinajstić information content (AvgIpc) is 3.04. The number of benzene rings is 2. The van der Waals surface area contributed by atoms with E-state index < -0.39 is 17.6 Å². The summed E-state index contributed by atoms with van der Waals surface area (Å²) in [6.45, 7) is 3.17. The molecule has 7 heteroatoms. The molecule has 3 N–H and O–H groups in total. The molecule has 4 rings (SSSR count). The lowest BCUT2D eigenvalue weighted by atomic mass is 9.78. The van der Waals surface area contributed by atoms with Crippen LogP contribution in [0.1, 0.15) is 50.2 Å². The number of amides is 2. The normalized spacial score (nSPS) is 19.3. The fourth-order valence-electron chi connectivity index (χ4n) is 4.54. The predicted molar refractivity (Wildman–Crippen MR) is 119 cm³/mol. The van der Waals surface area contributed by atoms with Crippen LogP contribution in [-0.4, -0.2) is 41.3 Å². The number of hydrogen-bond acceptors (Lipinski definition) is 4. The van der Waals surface area contributed by atoms with Crippen molar-refractivity contribution in [2.45, 2.75) is 50.6 Å². The van der Waals surface area contributed by atoms with Crippen molar-refractivity contribution in [1.29, 1.82) is 0 Å². The quantitative estimate of drug-likeness (QED) is 0.614. The van der Waals surface area contributed by atoms with E-state index in [1.54, 1.807) is 0 Å². The van der Waals surface area contributed by atoms with Gasteiger partial charge in [-0.05, 0) is 54.9 Å². The summed E-state index contributed by atoms with van der Waals surface area (Å²) >= 11 is 0. The number of ether oxygens (including phenoxy) is 1. The number of carbonyl (C=O) groups excluding carboxylic acids is 2. The van der Waals surface area contributed by atoms with E-state index in [2.05, 4.69) is 34.9 Å².